The maximum absolute atomic E-state index is 15.1. The number of rotatable bonds is 16. The fourth-order valence-electron chi connectivity index (χ4n) is 6.95. The van der Waals surface area contributed by atoms with E-state index in [9.17, 15) is 14.4 Å². The van der Waals surface area contributed by atoms with Crippen molar-refractivity contribution in [3.63, 3.8) is 0 Å². The topological polar surface area (TPSA) is 162 Å². The average Bonchev–Trinajstić information content (AvgIpc) is 3.70. The van der Waals surface area contributed by atoms with E-state index in [-0.39, 0.29) is 29.7 Å². The van der Waals surface area contributed by atoms with Crippen LogP contribution in [0.4, 0.5) is 17.1 Å². The van der Waals surface area contributed by atoms with E-state index in [1.165, 1.54) is 26.4 Å². The number of hydrogen-bond donors (Lipinski definition) is 3. The van der Waals surface area contributed by atoms with Crippen molar-refractivity contribution in [2.24, 2.45) is 5.92 Å². The number of carbonyl (C=O) groups excluding carboxylic acids is 3. The molecule has 0 aliphatic carbocycles. The summed E-state index contributed by atoms with van der Waals surface area (Å²) in [6.45, 7) is 11.6. The first-order valence-electron chi connectivity index (χ1n) is 19.9. The predicted molar refractivity (Wildman–Crippen MR) is 233 cm³/mol. The lowest BCUT2D eigenvalue weighted by molar-refractivity contribution is -0.134. The number of anilines is 3. The third kappa shape index (κ3) is 9.56. The Balaban J connectivity index is 1.39. The van der Waals surface area contributed by atoms with E-state index < -0.39 is 41.7 Å². The van der Waals surface area contributed by atoms with E-state index in [1.807, 2.05) is 71.9 Å². The van der Waals surface area contributed by atoms with E-state index in [1.54, 1.807) is 68.7 Å². The number of aryl methyl sites for hydroxylation is 3. The van der Waals surface area contributed by atoms with Gasteiger partial charge in [0.25, 0.3) is 17.4 Å². The summed E-state index contributed by atoms with van der Waals surface area (Å²) in [5.41, 5.74) is 4.31. The van der Waals surface area contributed by atoms with Crippen LogP contribution in [-0.4, -0.2) is 68.8 Å². The Kier molecular flexibility index (Phi) is 13.4. The molecule has 0 bridgehead atoms. The molecule has 60 heavy (non-hydrogen) atoms. The zero-order chi connectivity index (χ0) is 43.1. The highest BCUT2D eigenvalue weighted by Crippen LogP contribution is 2.30. The minimum atomic E-state index is -1.47. The van der Waals surface area contributed by atoms with Gasteiger partial charge in [0.2, 0.25) is 12.2 Å². The molecule has 6 rings (SSSR count). The Bertz CT molecular complexity index is 2550. The van der Waals surface area contributed by atoms with Gasteiger partial charge in [-0.15, -0.1) is 0 Å². The number of fused-ring (bicyclic) bond motifs is 1. The summed E-state index contributed by atoms with van der Waals surface area (Å²) in [5, 5.41) is 9.42. The fraction of sp³-hybridized carbons (Fsp3) is 0.304. The molecule has 4 aromatic carbocycles. The molecule has 0 spiro atoms. The molecule has 0 saturated heterocycles. The number of nitrogens with one attached hydrogen (secondary N) is 3. The van der Waals surface area contributed by atoms with Crippen LogP contribution in [0.1, 0.15) is 72.4 Å². The zero-order valence-corrected chi connectivity index (χ0v) is 35.2. The summed E-state index contributed by atoms with van der Waals surface area (Å²) in [6.07, 6.45) is 2.99. The number of likely N-dealkylation sites (N-methyl/N-ethyl adjacent to an activating group) is 1. The number of imidazole rings is 1. The standard InChI is InChI=1S/C46H52N8O6/c1-9-38(60-37-22-19-29(4)25-31(37)6)59-27-48-33-21-20-30(5)36(26-33)51-43(55)40(53-24-23-47-42(53)44(56)49-32-15-11-10-12-16-32)41-50-35-18-14-13-17-34(35)45(57)54(41)39(28(2)3)46(58)52(7)8/h10-26,28,38-40,48H,9,27H2,1-8H3,(H,49,56)(H,51,55). The van der Waals surface area contributed by atoms with Crippen molar-refractivity contribution >= 4 is 45.7 Å². The van der Waals surface area contributed by atoms with Gasteiger partial charge in [0.15, 0.2) is 11.9 Å². The number of amides is 3. The van der Waals surface area contributed by atoms with Gasteiger partial charge in [0, 0.05) is 50.0 Å². The quantitative estimate of drug-likeness (QED) is 0.0842. The number of para-hydroxylation sites is 2. The van der Waals surface area contributed by atoms with Crippen LogP contribution in [0, 0.1) is 26.7 Å². The summed E-state index contributed by atoms with van der Waals surface area (Å²) >= 11 is 0. The molecular formula is C46H52N8O6. The molecule has 3 N–H and O–H groups in total. The van der Waals surface area contributed by atoms with Crippen molar-refractivity contribution in [1.82, 2.24) is 24.0 Å². The Morgan fingerprint density at radius 2 is 1.58 bits per heavy atom. The zero-order valence-electron chi connectivity index (χ0n) is 35.2. The molecule has 14 nitrogen and oxygen atoms in total. The number of aromatic nitrogens is 4. The molecule has 3 atom stereocenters. The highest BCUT2D eigenvalue weighted by Gasteiger charge is 2.37. The first-order chi connectivity index (χ1) is 28.8. The SMILES string of the molecule is CCC(OCNc1ccc(C)c(NC(=O)C(c2nc3ccccc3c(=O)n2C(C(=O)N(C)C)C(C)C)n2ccnc2C(=O)Nc2ccccc2)c1)Oc1ccc(C)cc1C. The van der Waals surface area contributed by atoms with Crippen molar-refractivity contribution in [3.8, 4) is 5.75 Å². The van der Waals surface area contributed by atoms with Crippen LogP contribution < -0.4 is 26.2 Å². The highest BCUT2D eigenvalue weighted by molar-refractivity contribution is 6.03. The fourth-order valence-corrected chi connectivity index (χ4v) is 6.95. The molecule has 0 saturated carbocycles. The van der Waals surface area contributed by atoms with Crippen molar-refractivity contribution in [3.05, 3.63) is 142 Å². The number of benzene rings is 4. The Morgan fingerprint density at radius 3 is 2.28 bits per heavy atom. The molecule has 6 aromatic rings. The molecule has 3 amide bonds. The third-order valence-electron chi connectivity index (χ3n) is 10.1. The van der Waals surface area contributed by atoms with Crippen LogP contribution in [0.3, 0.4) is 0 Å². The Morgan fingerprint density at radius 1 is 0.850 bits per heavy atom. The third-order valence-corrected chi connectivity index (χ3v) is 10.1. The van der Waals surface area contributed by atoms with Gasteiger partial charge in [0.1, 0.15) is 24.3 Å². The second-order valence-electron chi connectivity index (χ2n) is 15.2. The number of nitrogens with zero attached hydrogens (tertiary/aromatic N) is 5. The smallest absolute Gasteiger partial charge is 0.291 e. The maximum Gasteiger partial charge on any atom is 0.291 e. The normalized spacial score (nSPS) is 12.8. The number of hydrogen-bond acceptors (Lipinski definition) is 9. The van der Waals surface area contributed by atoms with Crippen LogP contribution in [0.25, 0.3) is 10.9 Å². The Hall–Kier alpha value is -6.80. The monoisotopic (exact) mass is 812 g/mol. The van der Waals surface area contributed by atoms with Crippen molar-refractivity contribution in [1.29, 1.82) is 0 Å². The summed E-state index contributed by atoms with van der Waals surface area (Å²) in [6, 6.07) is 24.6. The molecule has 312 valence electrons. The summed E-state index contributed by atoms with van der Waals surface area (Å²) < 4.78 is 14.9. The maximum atomic E-state index is 15.1. The highest BCUT2D eigenvalue weighted by atomic mass is 16.7. The first-order valence-corrected chi connectivity index (χ1v) is 19.9. The first kappa shape index (κ1) is 42.8. The second kappa shape index (κ2) is 18.9. The molecule has 0 radical (unpaired) electrons. The van der Waals surface area contributed by atoms with E-state index in [4.69, 9.17) is 14.5 Å². The van der Waals surface area contributed by atoms with Crippen LogP contribution in [0.5, 0.6) is 5.75 Å². The van der Waals surface area contributed by atoms with E-state index in [2.05, 4.69) is 27.0 Å². The summed E-state index contributed by atoms with van der Waals surface area (Å²) in [5.74, 6) is -1.42. The van der Waals surface area contributed by atoms with Crippen molar-refractivity contribution in [2.45, 2.75) is 66.3 Å². The minimum absolute atomic E-state index is 0.0494. The molecule has 3 unspecified atom stereocenters. The van der Waals surface area contributed by atoms with E-state index >= 15 is 4.79 Å². The lowest BCUT2D eigenvalue weighted by Crippen LogP contribution is -2.44. The largest absolute Gasteiger partial charge is 0.465 e. The number of ether oxygens (including phenoxy) is 2. The summed E-state index contributed by atoms with van der Waals surface area (Å²) in [7, 11) is 3.22. The van der Waals surface area contributed by atoms with Gasteiger partial charge in [-0.2, -0.15) is 0 Å². The second-order valence-corrected chi connectivity index (χ2v) is 15.2. The molecule has 14 heteroatoms. The van der Waals surface area contributed by atoms with E-state index in [0.29, 0.717) is 29.0 Å². The van der Waals surface area contributed by atoms with Crippen molar-refractivity contribution < 1.29 is 23.9 Å². The van der Waals surface area contributed by atoms with Gasteiger partial charge in [-0.1, -0.05) is 74.9 Å². The Labute approximate surface area is 349 Å². The van der Waals surface area contributed by atoms with Crippen LogP contribution >= 0.6 is 0 Å². The molecule has 2 heterocycles. The lowest BCUT2D eigenvalue weighted by atomic mass is 10.0. The number of carbonyl (C=O) groups is 3. The van der Waals surface area contributed by atoms with Gasteiger partial charge in [-0.05, 0) is 80.3 Å². The van der Waals surface area contributed by atoms with Gasteiger partial charge in [-0.3, -0.25) is 23.7 Å². The van der Waals surface area contributed by atoms with Gasteiger partial charge >= 0.3 is 0 Å². The minimum Gasteiger partial charge on any atom is -0.465 e. The average molecular weight is 813 g/mol. The van der Waals surface area contributed by atoms with Gasteiger partial charge < -0.3 is 34.9 Å². The van der Waals surface area contributed by atoms with Crippen LogP contribution in [0.2, 0.25) is 0 Å². The van der Waals surface area contributed by atoms with Crippen LogP contribution in [0.15, 0.2) is 108 Å². The molecule has 0 aliphatic heterocycles. The van der Waals surface area contributed by atoms with Crippen LogP contribution in [-0.2, 0) is 14.3 Å². The van der Waals surface area contributed by atoms with E-state index in [0.717, 1.165) is 22.4 Å². The molecular weight excluding hydrogens is 761 g/mol. The summed E-state index contributed by atoms with van der Waals surface area (Å²) in [4.78, 5) is 68.3. The molecule has 2 aromatic heterocycles. The van der Waals surface area contributed by atoms with Gasteiger partial charge in [-0.25, -0.2) is 9.97 Å². The predicted octanol–water partition coefficient (Wildman–Crippen LogP) is 7.49. The van der Waals surface area contributed by atoms with Gasteiger partial charge in [0.05, 0.1) is 10.9 Å². The molecule has 0 fully saturated rings. The van der Waals surface area contributed by atoms with Crippen molar-refractivity contribution in [2.75, 3.05) is 36.8 Å². The lowest BCUT2D eigenvalue weighted by Gasteiger charge is -2.30. The molecule has 0 aliphatic rings.